The summed E-state index contributed by atoms with van der Waals surface area (Å²) in [5.41, 5.74) is -0.365. The molecule has 0 saturated carbocycles. The number of nitriles is 1. The van der Waals surface area contributed by atoms with Crippen molar-refractivity contribution in [2.75, 3.05) is 0 Å². The van der Waals surface area contributed by atoms with Gasteiger partial charge in [0.1, 0.15) is 5.25 Å². The van der Waals surface area contributed by atoms with Crippen molar-refractivity contribution in [2.45, 2.75) is 56.3 Å². The first-order chi connectivity index (χ1) is 9.73. The van der Waals surface area contributed by atoms with Crippen LogP contribution in [-0.4, -0.2) is 21.0 Å². The van der Waals surface area contributed by atoms with Crippen LogP contribution < -0.4 is 0 Å². The third-order valence-corrected chi connectivity index (χ3v) is 5.98. The standard InChI is InChI=1S/C16H21N3OS/c1-11-6-8-13(9-7-11)21(20)14-12(2)18-19-16(14,10-17)15(3,4)5/h6-9,12,14H,1-5H3/t12-,14-,16-,21-/m0/s1. The topological polar surface area (TPSA) is 65.6 Å². The van der Waals surface area contributed by atoms with Crippen LogP contribution in [0.15, 0.2) is 39.4 Å². The highest BCUT2D eigenvalue weighted by atomic mass is 32.2. The van der Waals surface area contributed by atoms with E-state index >= 15 is 0 Å². The Labute approximate surface area is 128 Å². The van der Waals surface area contributed by atoms with Crippen molar-refractivity contribution < 1.29 is 4.21 Å². The van der Waals surface area contributed by atoms with Crippen LogP contribution >= 0.6 is 0 Å². The lowest BCUT2D eigenvalue weighted by molar-refractivity contribution is 0.252. The van der Waals surface area contributed by atoms with E-state index in [1.165, 1.54) is 0 Å². The van der Waals surface area contributed by atoms with Gasteiger partial charge in [0.05, 0.1) is 22.9 Å². The van der Waals surface area contributed by atoms with Crippen molar-refractivity contribution in [3.63, 3.8) is 0 Å². The van der Waals surface area contributed by atoms with E-state index in [-0.39, 0.29) is 6.04 Å². The fourth-order valence-corrected chi connectivity index (χ4v) is 4.50. The lowest BCUT2D eigenvalue weighted by Gasteiger charge is -2.37. The van der Waals surface area contributed by atoms with Crippen LogP contribution in [-0.2, 0) is 10.8 Å². The molecule has 0 amide bonds. The minimum atomic E-state index is -1.32. The summed E-state index contributed by atoms with van der Waals surface area (Å²) in [4.78, 5) is 0.730. The maximum absolute atomic E-state index is 13.0. The lowest BCUT2D eigenvalue weighted by Crippen LogP contribution is -2.52. The van der Waals surface area contributed by atoms with Crippen molar-refractivity contribution >= 4 is 10.8 Å². The molecule has 0 saturated heterocycles. The number of aryl methyl sites for hydroxylation is 1. The SMILES string of the molecule is Cc1ccc([S@](=O)[C@H]2[C@H](C)N=N[C@]2(C#N)C(C)(C)C)cc1. The molecule has 1 aliphatic rings. The quantitative estimate of drug-likeness (QED) is 0.837. The minimum absolute atomic E-state index is 0.231. The highest BCUT2D eigenvalue weighted by molar-refractivity contribution is 7.85. The van der Waals surface area contributed by atoms with Crippen LogP contribution in [0, 0.1) is 23.7 Å². The van der Waals surface area contributed by atoms with Crippen LogP contribution in [0.3, 0.4) is 0 Å². The van der Waals surface area contributed by atoms with E-state index in [2.05, 4.69) is 16.3 Å². The Morgan fingerprint density at radius 1 is 1.29 bits per heavy atom. The summed E-state index contributed by atoms with van der Waals surface area (Å²) in [7, 11) is -1.32. The van der Waals surface area contributed by atoms with Gasteiger partial charge in [-0.25, -0.2) is 0 Å². The molecule has 2 rings (SSSR count). The fraction of sp³-hybridized carbons (Fsp3) is 0.562. The van der Waals surface area contributed by atoms with Gasteiger partial charge in [0.25, 0.3) is 0 Å². The minimum Gasteiger partial charge on any atom is -0.254 e. The summed E-state index contributed by atoms with van der Waals surface area (Å²) in [5, 5.41) is 17.8. The highest BCUT2D eigenvalue weighted by Gasteiger charge is 2.57. The number of azo groups is 1. The predicted octanol–water partition coefficient (Wildman–Crippen LogP) is 3.63. The maximum atomic E-state index is 13.0. The Kier molecular flexibility index (Phi) is 4.03. The van der Waals surface area contributed by atoms with E-state index in [9.17, 15) is 9.47 Å². The van der Waals surface area contributed by atoms with E-state index in [0.717, 1.165) is 10.5 Å². The van der Waals surface area contributed by atoms with Gasteiger partial charge in [-0.1, -0.05) is 38.5 Å². The Hall–Kier alpha value is -1.54. The smallest absolute Gasteiger partial charge is 0.188 e. The molecule has 0 unspecified atom stereocenters. The first-order valence-corrected chi connectivity index (χ1v) is 8.25. The van der Waals surface area contributed by atoms with Crippen molar-refractivity contribution in [2.24, 2.45) is 15.6 Å². The first-order valence-electron chi connectivity index (χ1n) is 7.03. The summed E-state index contributed by atoms with van der Waals surface area (Å²) in [5.74, 6) is 0. The molecule has 5 heteroatoms. The molecule has 0 bridgehead atoms. The highest BCUT2D eigenvalue weighted by Crippen LogP contribution is 2.45. The second kappa shape index (κ2) is 5.34. The van der Waals surface area contributed by atoms with Gasteiger partial charge >= 0.3 is 0 Å². The molecular weight excluding hydrogens is 282 g/mol. The molecule has 0 aliphatic carbocycles. The number of benzene rings is 1. The molecule has 0 radical (unpaired) electrons. The summed E-state index contributed by atoms with van der Waals surface area (Å²) in [6, 6.07) is 9.67. The van der Waals surface area contributed by atoms with E-state index in [4.69, 9.17) is 0 Å². The number of hydrogen-bond donors (Lipinski definition) is 0. The van der Waals surface area contributed by atoms with Gasteiger partial charge in [-0.2, -0.15) is 15.5 Å². The van der Waals surface area contributed by atoms with Crippen molar-refractivity contribution in [1.29, 1.82) is 5.26 Å². The summed E-state index contributed by atoms with van der Waals surface area (Å²) in [6.45, 7) is 9.72. The van der Waals surface area contributed by atoms with Gasteiger partial charge in [0, 0.05) is 10.3 Å². The Morgan fingerprint density at radius 3 is 2.33 bits per heavy atom. The number of rotatable bonds is 2. The molecule has 1 heterocycles. The Balaban J connectivity index is 2.48. The maximum Gasteiger partial charge on any atom is 0.188 e. The van der Waals surface area contributed by atoms with E-state index in [1.54, 1.807) is 0 Å². The normalized spacial score (nSPS) is 30.1. The van der Waals surface area contributed by atoms with Gasteiger partial charge < -0.3 is 0 Å². The van der Waals surface area contributed by atoms with Crippen molar-refractivity contribution in [1.82, 2.24) is 0 Å². The fourth-order valence-electron chi connectivity index (χ4n) is 2.63. The van der Waals surface area contributed by atoms with Gasteiger partial charge in [-0.3, -0.25) is 4.21 Å². The second-order valence-corrected chi connectivity index (χ2v) is 8.19. The molecule has 4 atom stereocenters. The zero-order valence-corrected chi connectivity index (χ0v) is 13.9. The van der Waals surface area contributed by atoms with E-state index in [0.29, 0.717) is 0 Å². The largest absolute Gasteiger partial charge is 0.254 e. The van der Waals surface area contributed by atoms with Crippen LogP contribution in [0.25, 0.3) is 0 Å². The van der Waals surface area contributed by atoms with Crippen LogP contribution in [0.1, 0.15) is 33.3 Å². The average molecular weight is 303 g/mol. The lowest BCUT2D eigenvalue weighted by atomic mass is 9.72. The third-order valence-electron chi connectivity index (χ3n) is 4.05. The monoisotopic (exact) mass is 303 g/mol. The third kappa shape index (κ3) is 2.53. The number of nitrogens with zero attached hydrogens (tertiary/aromatic N) is 3. The molecule has 4 nitrogen and oxygen atoms in total. The predicted molar refractivity (Wildman–Crippen MR) is 83.5 cm³/mol. The molecule has 1 aromatic carbocycles. The molecule has 0 N–H and O–H groups in total. The molecular formula is C16H21N3OS. The van der Waals surface area contributed by atoms with Crippen LogP contribution in [0.4, 0.5) is 0 Å². The zero-order chi connectivity index (χ0) is 15.8. The average Bonchev–Trinajstić information content (AvgIpc) is 2.76. The van der Waals surface area contributed by atoms with Crippen LogP contribution in [0.5, 0.6) is 0 Å². The molecule has 0 fully saturated rings. The summed E-state index contributed by atoms with van der Waals surface area (Å²) < 4.78 is 13.0. The van der Waals surface area contributed by atoms with Crippen molar-refractivity contribution in [3.05, 3.63) is 29.8 Å². The second-order valence-electron chi connectivity index (χ2n) is 6.62. The Bertz CT molecular complexity index is 624. The van der Waals surface area contributed by atoms with Gasteiger partial charge in [-0.15, -0.1) is 0 Å². The van der Waals surface area contributed by atoms with Gasteiger partial charge in [0.15, 0.2) is 5.54 Å². The molecule has 112 valence electrons. The van der Waals surface area contributed by atoms with E-state index in [1.807, 2.05) is 58.9 Å². The molecule has 0 aromatic heterocycles. The molecule has 1 aliphatic heterocycles. The van der Waals surface area contributed by atoms with Gasteiger partial charge in [0.2, 0.25) is 0 Å². The molecule has 1 aromatic rings. The number of hydrogen-bond acceptors (Lipinski definition) is 4. The van der Waals surface area contributed by atoms with Gasteiger partial charge in [-0.05, 0) is 26.0 Å². The molecule has 0 spiro atoms. The summed E-state index contributed by atoms with van der Waals surface area (Å²) >= 11 is 0. The summed E-state index contributed by atoms with van der Waals surface area (Å²) in [6.07, 6.45) is 0. The first kappa shape index (κ1) is 15.8. The van der Waals surface area contributed by atoms with E-state index < -0.39 is 27.0 Å². The molecule has 21 heavy (non-hydrogen) atoms. The van der Waals surface area contributed by atoms with Crippen LogP contribution in [0.2, 0.25) is 0 Å². The Morgan fingerprint density at radius 2 is 1.86 bits per heavy atom. The van der Waals surface area contributed by atoms with Crippen molar-refractivity contribution in [3.8, 4) is 6.07 Å². The zero-order valence-electron chi connectivity index (χ0n) is 13.1.